The number of aromatic nitrogens is 1. The Hall–Kier alpha value is -0.890. The van der Waals surface area contributed by atoms with Crippen molar-refractivity contribution >= 4 is 0 Å². The second-order valence-corrected chi connectivity index (χ2v) is 4.92. The van der Waals surface area contributed by atoms with Crippen LogP contribution in [0.3, 0.4) is 0 Å². The van der Waals surface area contributed by atoms with Crippen molar-refractivity contribution in [2.75, 3.05) is 6.54 Å². The summed E-state index contributed by atoms with van der Waals surface area (Å²) in [5.41, 5.74) is 1.43. The maximum absolute atomic E-state index is 4.32. The Morgan fingerprint density at radius 3 is 2.57 bits per heavy atom. The fraction of sp³-hybridized carbons (Fsp3) is 0.583. The van der Waals surface area contributed by atoms with Crippen LogP contribution in [0.4, 0.5) is 0 Å². The van der Waals surface area contributed by atoms with Crippen molar-refractivity contribution in [3.05, 3.63) is 30.1 Å². The Morgan fingerprint density at radius 1 is 1.36 bits per heavy atom. The molecule has 1 N–H and O–H groups in total. The maximum Gasteiger partial charge on any atom is 0.0570 e. The molecule has 0 spiro atoms. The molecular weight excluding hydrogens is 172 g/mol. The summed E-state index contributed by atoms with van der Waals surface area (Å²) in [6, 6.07) is 6.35. The van der Waals surface area contributed by atoms with Crippen LogP contribution in [-0.2, 0) is 0 Å². The van der Waals surface area contributed by atoms with Crippen LogP contribution in [0, 0.1) is 5.41 Å². The summed E-state index contributed by atoms with van der Waals surface area (Å²) in [6.45, 7) is 9.83. The van der Waals surface area contributed by atoms with E-state index in [4.69, 9.17) is 0 Å². The number of hydrogen-bond acceptors (Lipinski definition) is 2. The zero-order valence-corrected chi connectivity index (χ0v) is 9.54. The van der Waals surface area contributed by atoms with E-state index in [-0.39, 0.29) is 0 Å². The van der Waals surface area contributed by atoms with Crippen LogP contribution < -0.4 is 5.32 Å². The van der Waals surface area contributed by atoms with Crippen LogP contribution in [0.1, 0.15) is 39.4 Å². The van der Waals surface area contributed by atoms with Crippen LogP contribution in [0.2, 0.25) is 0 Å². The van der Waals surface area contributed by atoms with Gasteiger partial charge < -0.3 is 5.32 Å². The average Bonchev–Trinajstić information content (AvgIpc) is 2.14. The van der Waals surface area contributed by atoms with Crippen molar-refractivity contribution in [3.63, 3.8) is 0 Å². The smallest absolute Gasteiger partial charge is 0.0570 e. The van der Waals surface area contributed by atoms with Crippen LogP contribution in [0.15, 0.2) is 24.4 Å². The third-order valence-electron chi connectivity index (χ3n) is 2.07. The first-order valence-electron chi connectivity index (χ1n) is 5.13. The topological polar surface area (TPSA) is 24.9 Å². The second kappa shape index (κ2) is 4.56. The molecule has 0 aliphatic rings. The van der Waals surface area contributed by atoms with E-state index in [2.05, 4.69) is 44.1 Å². The Labute approximate surface area is 86.8 Å². The van der Waals surface area contributed by atoms with Gasteiger partial charge >= 0.3 is 0 Å². The average molecular weight is 192 g/mol. The zero-order chi connectivity index (χ0) is 10.6. The van der Waals surface area contributed by atoms with Crippen molar-refractivity contribution in [1.82, 2.24) is 10.3 Å². The molecule has 0 amide bonds. The first-order valence-corrected chi connectivity index (χ1v) is 5.13. The largest absolute Gasteiger partial charge is 0.308 e. The van der Waals surface area contributed by atoms with E-state index < -0.39 is 0 Å². The fourth-order valence-corrected chi connectivity index (χ4v) is 1.20. The summed E-state index contributed by atoms with van der Waals surface area (Å²) in [5.74, 6) is 0. The van der Waals surface area contributed by atoms with Gasteiger partial charge in [-0.25, -0.2) is 0 Å². The zero-order valence-electron chi connectivity index (χ0n) is 9.54. The number of nitrogens with one attached hydrogen (secondary N) is 1. The molecule has 1 aromatic rings. The van der Waals surface area contributed by atoms with E-state index in [0.717, 1.165) is 12.2 Å². The maximum atomic E-state index is 4.32. The van der Waals surface area contributed by atoms with Gasteiger partial charge in [0.15, 0.2) is 0 Å². The summed E-state index contributed by atoms with van der Waals surface area (Å²) >= 11 is 0. The van der Waals surface area contributed by atoms with Crippen LogP contribution >= 0.6 is 0 Å². The lowest BCUT2D eigenvalue weighted by Gasteiger charge is -2.22. The minimum atomic E-state index is 0.322. The fourth-order valence-electron chi connectivity index (χ4n) is 1.20. The SMILES string of the molecule is C[C@@H](NCC(C)(C)C)c1ccccn1. The van der Waals surface area contributed by atoms with Gasteiger partial charge in [0.2, 0.25) is 0 Å². The lowest BCUT2D eigenvalue weighted by Crippen LogP contribution is -2.29. The molecule has 1 rings (SSSR count). The van der Waals surface area contributed by atoms with Gasteiger partial charge in [0, 0.05) is 18.8 Å². The molecule has 0 aromatic carbocycles. The van der Waals surface area contributed by atoms with Crippen molar-refractivity contribution < 1.29 is 0 Å². The Morgan fingerprint density at radius 2 is 2.07 bits per heavy atom. The summed E-state index contributed by atoms with van der Waals surface area (Å²) in [7, 11) is 0. The molecule has 0 saturated carbocycles. The highest BCUT2D eigenvalue weighted by atomic mass is 14.9. The van der Waals surface area contributed by atoms with Crippen molar-refractivity contribution in [3.8, 4) is 0 Å². The first kappa shape index (κ1) is 11.2. The van der Waals surface area contributed by atoms with Gasteiger partial charge in [0.05, 0.1) is 5.69 Å². The monoisotopic (exact) mass is 192 g/mol. The molecule has 0 fully saturated rings. The normalized spacial score (nSPS) is 14.0. The van der Waals surface area contributed by atoms with Gasteiger partial charge in [0.1, 0.15) is 0 Å². The van der Waals surface area contributed by atoms with Gasteiger partial charge in [-0.2, -0.15) is 0 Å². The second-order valence-electron chi connectivity index (χ2n) is 4.92. The first-order chi connectivity index (χ1) is 6.49. The molecule has 1 atom stereocenters. The van der Waals surface area contributed by atoms with E-state index in [9.17, 15) is 0 Å². The predicted octanol–water partition coefficient (Wildman–Crippen LogP) is 2.78. The van der Waals surface area contributed by atoms with E-state index in [0.29, 0.717) is 11.5 Å². The lowest BCUT2D eigenvalue weighted by molar-refractivity contribution is 0.357. The van der Waals surface area contributed by atoms with Gasteiger partial charge in [0.25, 0.3) is 0 Å². The molecule has 1 heterocycles. The Bertz CT molecular complexity index is 261. The molecule has 0 aliphatic heterocycles. The van der Waals surface area contributed by atoms with E-state index in [1.807, 2.05) is 18.3 Å². The van der Waals surface area contributed by atoms with Crippen molar-refractivity contribution in [2.45, 2.75) is 33.7 Å². The molecule has 14 heavy (non-hydrogen) atoms. The number of hydrogen-bond donors (Lipinski definition) is 1. The van der Waals surface area contributed by atoms with Crippen LogP contribution in [0.25, 0.3) is 0 Å². The van der Waals surface area contributed by atoms with Crippen LogP contribution in [-0.4, -0.2) is 11.5 Å². The van der Waals surface area contributed by atoms with E-state index >= 15 is 0 Å². The summed E-state index contributed by atoms with van der Waals surface area (Å²) in [5, 5.41) is 3.48. The van der Waals surface area contributed by atoms with E-state index in [1.54, 1.807) is 0 Å². The number of rotatable bonds is 3. The molecule has 2 nitrogen and oxygen atoms in total. The van der Waals surface area contributed by atoms with Gasteiger partial charge in [-0.1, -0.05) is 26.8 Å². The van der Waals surface area contributed by atoms with Gasteiger partial charge in [-0.05, 0) is 24.5 Å². The molecule has 2 heteroatoms. The number of pyridine rings is 1. The molecule has 0 saturated heterocycles. The Kier molecular flexibility index (Phi) is 3.64. The third-order valence-corrected chi connectivity index (χ3v) is 2.07. The van der Waals surface area contributed by atoms with Gasteiger partial charge in [-0.15, -0.1) is 0 Å². The predicted molar refractivity (Wildman–Crippen MR) is 60.1 cm³/mol. The molecule has 0 aliphatic carbocycles. The minimum absolute atomic E-state index is 0.322. The third kappa shape index (κ3) is 3.88. The highest BCUT2D eigenvalue weighted by Gasteiger charge is 2.12. The highest BCUT2D eigenvalue weighted by molar-refractivity contribution is 5.07. The molecule has 78 valence electrons. The van der Waals surface area contributed by atoms with Crippen molar-refractivity contribution in [2.24, 2.45) is 5.41 Å². The molecule has 0 bridgehead atoms. The standard InChI is InChI=1S/C12H20N2/c1-10(14-9-12(2,3)4)11-7-5-6-8-13-11/h5-8,10,14H,9H2,1-4H3/t10-/m1/s1. The summed E-state index contributed by atoms with van der Waals surface area (Å²) < 4.78 is 0. The quantitative estimate of drug-likeness (QED) is 0.796. The number of nitrogens with zero attached hydrogens (tertiary/aromatic N) is 1. The highest BCUT2D eigenvalue weighted by Crippen LogP contribution is 2.14. The Balaban J connectivity index is 2.48. The summed E-state index contributed by atoms with van der Waals surface area (Å²) in [4.78, 5) is 4.32. The van der Waals surface area contributed by atoms with E-state index in [1.165, 1.54) is 0 Å². The molecule has 0 unspecified atom stereocenters. The van der Waals surface area contributed by atoms with Gasteiger partial charge in [-0.3, -0.25) is 4.98 Å². The lowest BCUT2D eigenvalue weighted by atomic mass is 9.96. The molecule has 1 aromatic heterocycles. The van der Waals surface area contributed by atoms with Crippen molar-refractivity contribution in [1.29, 1.82) is 0 Å². The summed E-state index contributed by atoms with van der Waals surface area (Å²) in [6.07, 6.45) is 1.84. The minimum Gasteiger partial charge on any atom is -0.308 e. The van der Waals surface area contributed by atoms with Crippen LogP contribution in [0.5, 0.6) is 0 Å². The molecule has 0 radical (unpaired) electrons. The molecular formula is C12H20N2.